The third-order valence-electron chi connectivity index (χ3n) is 4.91. The Morgan fingerprint density at radius 2 is 1.69 bits per heavy atom. The normalized spacial score (nSPS) is 13.0. The van der Waals surface area contributed by atoms with E-state index >= 15 is 0 Å². The lowest BCUT2D eigenvalue weighted by molar-refractivity contribution is -0.147. The van der Waals surface area contributed by atoms with Gasteiger partial charge < -0.3 is 9.64 Å². The molecule has 3 heteroatoms. The highest BCUT2D eigenvalue weighted by Crippen LogP contribution is 2.38. The summed E-state index contributed by atoms with van der Waals surface area (Å²) >= 11 is 0. The van der Waals surface area contributed by atoms with Crippen molar-refractivity contribution in [1.29, 1.82) is 0 Å². The van der Waals surface area contributed by atoms with Gasteiger partial charge in [-0.05, 0) is 34.5 Å². The minimum absolute atomic E-state index is 0.306. The van der Waals surface area contributed by atoms with Crippen LogP contribution in [0.2, 0.25) is 0 Å². The van der Waals surface area contributed by atoms with Crippen LogP contribution in [0, 0.1) is 0 Å². The van der Waals surface area contributed by atoms with Crippen molar-refractivity contribution in [3.63, 3.8) is 0 Å². The first kappa shape index (κ1) is 17.7. The van der Waals surface area contributed by atoms with Crippen LogP contribution in [0.15, 0.2) is 85.5 Å². The van der Waals surface area contributed by atoms with Gasteiger partial charge in [0.15, 0.2) is 5.54 Å². The number of nitrogens with zero attached hydrogens (tertiary/aromatic N) is 1. The van der Waals surface area contributed by atoms with E-state index in [1.807, 2.05) is 66.5 Å². The minimum Gasteiger partial charge on any atom is -0.467 e. The Hall–Kier alpha value is -3.07. The van der Waals surface area contributed by atoms with Crippen molar-refractivity contribution in [3.8, 4) is 0 Å². The van der Waals surface area contributed by atoms with E-state index in [1.54, 1.807) is 6.08 Å². The zero-order valence-electron chi connectivity index (χ0n) is 15.2. The lowest BCUT2D eigenvalue weighted by Crippen LogP contribution is -2.51. The predicted molar refractivity (Wildman–Crippen MR) is 107 cm³/mol. The van der Waals surface area contributed by atoms with E-state index in [0.717, 1.165) is 22.0 Å². The number of esters is 1. The standard InChI is InChI=1S/C23H23NO2/c1-4-16-23(22(25)26-3,24(2)21-12-6-5-7-13-21)20-15-14-18-10-8-9-11-19(18)17-20/h4-15,17H,1,16H2,2-3H3. The molecule has 0 aliphatic carbocycles. The first-order chi connectivity index (χ1) is 12.6. The van der Waals surface area contributed by atoms with Crippen molar-refractivity contribution < 1.29 is 9.53 Å². The Kier molecular flexibility index (Phi) is 5.08. The van der Waals surface area contributed by atoms with Crippen molar-refractivity contribution in [2.24, 2.45) is 0 Å². The molecule has 0 fully saturated rings. The second-order valence-corrected chi connectivity index (χ2v) is 6.30. The number of anilines is 1. The number of likely N-dealkylation sites (N-methyl/N-ethyl adjacent to an activating group) is 1. The molecule has 0 saturated carbocycles. The number of methoxy groups -OCH3 is 1. The average Bonchev–Trinajstić information content (AvgIpc) is 2.71. The second-order valence-electron chi connectivity index (χ2n) is 6.30. The molecule has 132 valence electrons. The Morgan fingerprint density at radius 1 is 1.04 bits per heavy atom. The van der Waals surface area contributed by atoms with Crippen LogP contribution in [0.3, 0.4) is 0 Å². The van der Waals surface area contributed by atoms with Crippen LogP contribution >= 0.6 is 0 Å². The summed E-state index contributed by atoms with van der Waals surface area (Å²) in [5, 5.41) is 2.22. The third kappa shape index (κ3) is 2.97. The van der Waals surface area contributed by atoms with Crippen LogP contribution < -0.4 is 4.90 Å². The van der Waals surface area contributed by atoms with E-state index in [1.165, 1.54) is 7.11 Å². The molecule has 0 bridgehead atoms. The minimum atomic E-state index is -0.984. The van der Waals surface area contributed by atoms with Crippen LogP contribution in [0.25, 0.3) is 10.8 Å². The molecule has 3 rings (SSSR count). The highest BCUT2D eigenvalue weighted by atomic mass is 16.5. The molecule has 0 aromatic heterocycles. The summed E-state index contributed by atoms with van der Waals surface area (Å²) in [6.07, 6.45) is 2.20. The molecular weight excluding hydrogens is 322 g/mol. The summed E-state index contributed by atoms with van der Waals surface area (Å²) in [6.45, 7) is 3.89. The molecule has 0 aliphatic rings. The van der Waals surface area contributed by atoms with Gasteiger partial charge in [-0.1, -0.05) is 60.7 Å². The quantitative estimate of drug-likeness (QED) is 0.469. The van der Waals surface area contributed by atoms with Gasteiger partial charge >= 0.3 is 5.97 Å². The van der Waals surface area contributed by atoms with Gasteiger partial charge in [-0.3, -0.25) is 0 Å². The summed E-state index contributed by atoms with van der Waals surface area (Å²) in [6, 6.07) is 24.1. The number of carbonyl (C=O) groups excluding carboxylic acids is 1. The van der Waals surface area contributed by atoms with Gasteiger partial charge in [-0.2, -0.15) is 0 Å². The second kappa shape index (κ2) is 7.44. The van der Waals surface area contributed by atoms with E-state index in [2.05, 4.69) is 24.8 Å². The van der Waals surface area contributed by atoms with Crippen LogP contribution in [-0.4, -0.2) is 20.1 Å². The first-order valence-corrected chi connectivity index (χ1v) is 8.61. The summed E-state index contributed by atoms with van der Waals surface area (Å²) in [5.41, 5.74) is 0.837. The predicted octanol–water partition coefficient (Wildman–Crippen LogP) is 4.92. The maximum atomic E-state index is 13.1. The molecule has 3 nitrogen and oxygen atoms in total. The van der Waals surface area contributed by atoms with Crippen LogP contribution in [0.5, 0.6) is 0 Å². The topological polar surface area (TPSA) is 29.5 Å². The third-order valence-corrected chi connectivity index (χ3v) is 4.91. The number of carbonyl (C=O) groups is 1. The van der Waals surface area contributed by atoms with Crippen LogP contribution in [0.1, 0.15) is 12.0 Å². The maximum Gasteiger partial charge on any atom is 0.336 e. The van der Waals surface area contributed by atoms with Crippen LogP contribution in [0.4, 0.5) is 5.69 Å². The molecular formula is C23H23NO2. The first-order valence-electron chi connectivity index (χ1n) is 8.61. The Morgan fingerprint density at radius 3 is 2.35 bits per heavy atom. The van der Waals surface area contributed by atoms with E-state index in [0.29, 0.717) is 6.42 Å². The Balaban J connectivity index is 2.24. The van der Waals surface area contributed by atoms with Gasteiger partial charge in [0, 0.05) is 19.2 Å². The van der Waals surface area contributed by atoms with Crippen molar-refractivity contribution in [2.45, 2.75) is 12.0 Å². The van der Waals surface area contributed by atoms with Gasteiger partial charge in [0.2, 0.25) is 0 Å². The average molecular weight is 345 g/mol. The highest BCUT2D eigenvalue weighted by Gasteiger charge is 2.44. The largest absolute Gasteiger partial charge is 0.467 e. The molecule has 1 atom stereocenters. The molecule has 0 amide bonds. The van der Waals surface area contributed by atoms with Gasteiger partial charge in [0.1, 0.15) is 0 Å². The summed E-state index contributed by atoms with van der Waals surface area (Å²) in [5.74, 6) is -0.306. The van der Waals surface area contributed by atoms with Crippen molar-refractivity contribution in [1.82, 2.24) is 0 Å². The van der Waals surface area contributed by atoms with E-state index in [-0.39, 0.29) is 5.97 Å². The summed E-state index contributed by atoms with van der Waals surface area (Å²) in [7, 11) is 3.35. The number of fused-ring (bicyclic) bond motifs is 1. The molecule has 0 radical (unpaired) electrons. The summed E-state index contributed by atoms with van der Waals surface area (Å²) in [4.78, 5) is 15.0. The Bertz CT molecular complexity index is 920. The molecule has 1 unspecified atom stereocenters. The molecule has 0 heterocycles. The number of rotatable bonds is 6. The Labute approximate surface area is 154 Å². The van der Waals surface area contributed by atoms with Crippen molar-refractivity contribution >= 4 is 22.4 Å². The number of para-hydroxylation sites is 1. The number of ether oxygens (including phenoxy) is 1. The number of hydrogen-bond acceptors (Lipinski definition) is 3. The molecule has 3 aromatic carbocycles. The van der Waals surface area contributed by atoms with Gasteiger partial charge in [-0.15, -0.1) is 6.58 Å². The summed E-state index contributed by atoms with van der Waals surface area (Å²) < 4.78 is 5.25. The number of hydrogen-bond donors (Lipinski definition) is 0. The van der Waals surface area contributed by atoms with E-state index < -0.39 is 5.54 Å². The molecule has 0 spiro atoms. The van der Waals surface area contributed by atoms with Gasteiger partial charge in [-0.25, -0.2) is 4.79 Å². The van der Waals surface area contributed by atoms with Crippen molar-refractivity contribution in [3.05, 3.63) is 91.0 Å². The molecule has 3 aromatic rings. The fourth-order valence-electron chi connectivity index (χ4n) is 3.48. The molecule has 0 saturated heterocycles. The zero-order valence-corrected chi connectivity index (χ0v) is 15.2. The molecule has 0 aliphatic heterocycles. The lowest BCUT2D eigenvalue weighted by Gasteiger charge is -2.41. The van der Waals surface area contributed by atoms with E-state index in [9.17, 15) is 4.79 Å². The SMILES string of the molecule is C=CCC(C(=O)OC)(c1ccc2ccccc2c1)N(C)c1ccccc1. The van der Waals surface area contributed by atoms with Crippen LogP contribution in [-0.2, 0) is 15.1 Å². The van der Waals surface area contributed by atoms with Crippen molar-refractivity contribution in [2.75, 3.05) is 19.1 Å². The number of benzene rings is 3. The fourth-order valence-corrected chi connectivity index (χ4v) is 3.48. The fraction of sp³-hybridized carbons (Fsp3) is 0.174. The monoisotopic (exact) mass is 345 g/mol. The zero-order chi connectivity index (χ0) is 18.6. The lowest BCUT2D eigenvalue weighted by atomic mass is 9.83. The molecule has 26 heavy (non-hydrogen) atoms. The van der Waals surface area contributed by atoms with Gasteiger partial charge in [0.25, 0.3) is 0 Å². The van der Waals surface area contributed by atoms with E-state index in [4.69, 9.17) is 4.74 Å². The smallest absolute Gasteiger partial charge is 0.336 e. The molecule has 0 N–H and O–H groups in total. The van der Waals surface area contributed by atoms with Gasteiger partial charge in [0.05, 0.1) is 7.11 Å². The maximum absolute atomic E-state index is 13.1. The highest BCUT2D eigenvalue weighted by molar-refractivity contribution is 5.90.